The van der Waals surface area contributed by atoms with Gasteiger partial charge in [0.15, 0.2) is 17.2 Å². The number of aromatic nitrogens is 1. The van der Waals surface area contributed by atoms with Gasteiger partial charge in [-0.05, 0) is 70.5 Å². The Morgan fingerprint density at radius 3 is 2.36 bits per heavy atom. The number of aryl methyl sites for hydroxylation is 1. The Morgan fingerprint density at radius 2 is 1.75 bits per heavy atom. The number of pyridine rings is 1. The number of benzene rings is 2. The van der Waals surface area contributed by atoms with E-state index in [1.54, 1.807) is 57.9 Å². The summed E-state index contributed by atoms with van der Waals surface area (Å²) in [7, 11) is 6.66. The van der Waals surface area contributed by atoms with Crippen LogP contribution in [0.25, 0.3) is 16.7 Å². The molecule has 1 aromatic heterocycles. The number of hydrogen-bond donors (Lipinski definition) is 6. The summed E-state index contributed by atoms with van der Waals surface area (Å²) in [4.78, 5) is 73.3. The molecule has 7 rings (SSSR count). The van der Waals surface area contributed by atoms with Gasteiger partial charge in [0.2, 0.25) is 11.2 Å². The number of hydrogen-bond acceptors (Lipinski definition) is 13. The van der Waals surface area contributed by atoms with Crippen LogP contribution in [-0.4, -0.2) is 136 Å². The van der Waals surface area contributed by atoms with Crippen LogP contribution < -0.4 is 20.5 Å². The molecule has 0 spiro atoms. The standard InChI is InChI=1S/C41H46F2N6O10/c1-7-47-16-22(40(57)58)34(51)21-14-24(42)33(30(43)31(21)47)48-10-11-49(18(2)15-48)17-44-39(56)29-36(53)32(46(5)6)23-13-19-12-20-25(45(3)4)8-9-26(50)28(20)35(52)27(19)37(54)41(23,59)38(29)55/h8-9,14,16,18-19,23,32,50,52,55,59H,7,10-13,15,17H2,1-6H3,(H,44,56)(H,57,58)/t18?,19-,23-,32-,41-/m0/s1. The molecule has 3 aromatic rings. The number of Topliss-reactive ketones (excluding diaryl/α,β-unsaturated/α-hetero) is 2. The number of fused-ring (bicyclic) bond motifs is 4. The third kappa shape index (κ3) is 6.23. The van der Waals surface area contributed by atoms with Crippen LogP contribution in [0.15, 0.2) is 46.1 Å². The van der Waals surface area contributed by atoms with Gasteiger partial charge in [0, 0.05) is 69.7 Å². The lowest BCUT2D eigenvalue weighted by atomic mass is 9.57. The molecule has 1 unspecified atom stereocenters. The number of piperazine rings is 1. The molecule has 4 aliphatic rings. The van der Waals surface area contributed by atoms with Crippen LogP contribution in [0.4, 0.5) is 20.2 Å². The molecule has 1 saturated carbocycles. The van der Waals surface area contributed by atoms with E-state index in [0.717, 1.165) is 12.3 Å². The number of anilines is 2. The van der Waals surface area contributed by atoms with Gasteiger partial charge in [-0.15, -0.1) is 0 Å². The zero-order valence-electron chi connectivity index (χ0n) is 33.3. The minimum absolute atomic E-state index is 0.0196. The number of carbonyl (C=O) groups excluding carboxylic acids is 3. The number of aliphatic hydroxyl groups excluding tert-OH is 2. The molecule has 2 aromatic carbocycles. The summed E-state index contributed by atoms with van der Waals surface area (Å²) < 4.78 is 33.0. The molecule has 2 fully saturated rings. The van der Waals surface area contributed by atoms with Gasteiger partial charge in [-0.1, -0.05) is 0 Å². The molecule has 16 nitrogen and oxygen atoms in total. The molecule has 3 aliphatic carbocycles. The number of carbonyl (C=O) groups is 4. The SMILES string of the molecule is CCn1cc(C(=O)O)c(=O)c2cc(F)c(N3CCN(CNC(=O)C4=C(O)[C@@]5(O)C(=O)C6=C(O)c7c(O)ccc(N(C)C)c7C[C@H]6C[C@H]5[C@H](N(C)C)C4=O)C(C)C3)c(F)c21. The number of nitrogens with zero attached hydrogens (tertiary/aromatic N) is 5. The van der Waals surface area contributed by atoms with E-state index in [9.17, 15) is 49.5 Å². The van der Waals surface area contributed by atoms with E-state index in [0.29, 0.717) is 11.3 Å². The highest BCUT2D eigenvalue weighted by molar-refractivity contribution is 6.25. The number of halogens is 2. The maximum atomic E-state index is 16.1. The molecule has 1 saturated heterocycles. The van der Waals surface area contributed by atoms with Crippen molar-refractivity contribution in [3.05, 3.63) is 79.8 Å². The lowest BCUT2D eigenvalue weighted by Gasteiger charge is -2.50. The molecule has 1 amide bonds. The maximum Gasteiger partial charge on any atom is 0.341 e. The Hall–Kier alpha value is -5.85. The third-order valence-electron chi connectivity index (χ3n) is 12.4. The Morgan fingerprint density at radius 1 is 1.05 bits per heavy atom. The van der Waals surface area contributed by atoms with Gasteiger partial charge in [-0.3, -0.25) is 29.0 Å². The third-order valence-corrected chi connectivity index (χ3v) is 12.4. The Kier molecular flexibility index (Phi) is 10.3. The fourth-order valence-electron chi connectivity index (χ4n) is 9.49. The van der Waals surface area contributed by atoms with Crippen molar-refractivity contribution in [3.63, 3.8) is 0 Å². The average Bonchev–Trinajstić information content (AvgIpc) is 3.16. The molecule has 6 N–H and O–H groups in total. The summed E-state index contributed by atoms with van der Waals surface area (Å²) in [6, 6.07) is 2.18. The van der Waals surface area contributed by atoms with E-state index in [4.69, 9.17) is 0 Å². The van der Waals surface area contributed by atoms with Gasteiger partial charge in [0.1, 0.15) is 39.9 Å². The number of rotatable bonds is 8. The number of phenolic OH excluding ortho intramolecular Hbond substituents is 1. The second-order valence-corrected chi connectivity index (χ2v) is 16.1. The second-order valence-electron chi connectivity index (χ2n) is 16.1. The molecule has 314 valence electrons. The molecule has 18 heteroatoms. The highest BCUT2D eigenvalue weighted by Gasteiger charge is 2.64. The van der Waals surface area contributed by atoms with Crippen molar-refractivity contribution in [2.75, 3.05) is 64.3 Å². The zero-order valence-corrected chi connectivity index (χ0v) is 33.3. The van der Waals surface area contributed by atoms with E-state index < -0.39 is 104 Å². The van der Waals surface area contributed by atoms with Crippen molar-refractivity contribution in [3.8, 4) is 5.75 Å². The van der Waals surface area contributed by atoms with Crippen LogP contribution in [0, 0.1) is 23.5 Å². The number of carboxylic acids is 1. The minimum Gasteiger partial charge on any atom is -0.508 e. The van der Waals surface area contributed by atoms with Crippen molar-refractivity contribution in [1.82, 2.24) is 19.7 Å². The summed E-state index contributed by atoms with van der Waals surface area (Å²) in [5.74, 6) is -10.5. The predicted octanol–water partition coefficient (Wildman–Crippen LogP) is 2.14. The molecule has 0 bridgehead atoms. The Labute approximate surface area is 336 Å². The number of carboxylic acid groups (broad SMARTS) is 1. The van der Waals surface area contributed by atoms with Crippen molar-refractivity contribution in [2.45, 2.75) is 50.9 Å². The first-order valence-corrected chi connectivity index (χ1v) is 19.2. The van der Waals surface area contributed by atoms with Crippen LogP contribution in [0.3, 0.4) is 0 Å². The first-order valence-electron chi connectivity index (χ1n) is 19.2. The number of aromatic hydroxyl groups is 1. The fraction of sp³-hybridized carbons (Fsp3) is 0.439. The number of phenols is 1. The Balaban J connectivity index is 1.15. The van der Waals surface area contributed by atoms with Crippen molar-refractivity contribution in [2.24, 2.45) is 11.8 Å². The molecule has 5 atom stereocenters. The van der Waals surface area contributed by atoms with Gasteiger partial charge in [0.05, 0.1) is 29.2 Å². The fourth-order valence-corrected chi connectivity index (χ4v) is 9.49. The highest BCUT2D eigenvalue weighted by atomic mass is 19.1. The van der Waals surface area contributed by atoms with E-state index in [1.165, 1.54) is 20.4 Å². The zero-order chi connectivity index (χ0) is 43.2. The molecule has 0 radical (unpaired) electrons. The number of aliphatic hydroxyl groups is 3. The first-order chi connectivity index (χ1) is 27.8. The highest BCUT2D eigenvalue weighted by Crippen LogP contribution is 2.53. The van der Waals surface area contributed by atoms with Crippen molar-refractivity contribution >= 4 is 51.5 Å². The molecule has 1 aliphatic heterocycles. The summed E-state index contributed by atoms with van der Waals surface area (Å²) in [5, 5.41) is 57.8. The second kappa shape index (κ2) is 14.8. The number of nitrogens with one attached hydrogen (secondary N) is 1. The molecular weight excluding hydrogens is 774 g/mol. The first kappa shape index (κ1) is 41.3. The number of aromatic carboxylic acids is 1. The van der Waals surface area contributed by atoms with Crippen molar-refractivity contribution < 1.29 is 53.5 Å². The average molecular weight is 821 g/mol. The van der Waals surface area contributed by atoms with E-state index >= 15 is 8.78 Å². The van der Waals surface area contributed by atoms with Crippen molar-refractivity contribution in [1.29, 1.82) is 0 Å². The van der Waals surface area contributed by atoms with Crippen LogP contribution in [0.1, 0.15) is 41.8 Å². The summed E-state index contributed by atoms with van der Waals surface area (Å²) in [6.45, 7) is 3.46. The largest absolute Gasteiger partial charge is 0.508 e. The Bertz CT molecular complexity index is 2480. The van der Waals surface area contributed by atoms with Gasteiger partial charge < -0.3 is 45.2 Å². The number of likely N-dealkylation sites (N-methyl/N-ethyl adjacent to an activating group) is 1. The van der Waals surface area contributed by atoms with Gasteiger partial charge in [-0.25, -0.2) is 13.6 Å². The van der Waals surface area contributed by atoms with Gasteiger partial charge in [0.25, 0.3) is 5.91 Å². The van der Waals surface area contributed by atoms with E-state index in [2.05, 4.69) is 5.32 Å². The molecule has 2 heterocycles. The van der Waals surface area contributed by atoms with Crippen LogP contribution in [-0.2, 0) is 27.3 Å². The normalized spacial score (nSPS) is 24.7. The molecule has 59 heavy (non-hydrogen) atoms. The smallest absolute Gasteiger partial charge is 0.341 e. The predicted molar refractivity (Wildman–Crippen MR) is 212 cm³/mol. The lowest BCUT2D eigenvalue weighted by Crippen LogP contribution is -2.66. The van der Waals surface area contributed by atoms with E-state index in [-0.39, 0.29) is 68.1 Å². The summed E-state index contributed by atoms with van der Waals surface area (Å²) in [5.41, 5.74) is -4.85. The summed E-state index contributed by atoms with van der Waals surface area (Å²) >= 11 is 0. The van der Waals surface area contributed by atoms with Gasteiger partial charge >= 0.3 is 5.97 Å². The van der Waals surface area contributed by atoms with Gasteiger partial charge in [-0.2, -0.15) is 0 Å². The lowest BCUT2D eigenvalue weighted by molar-refractivity contribution is -0.153. The number of ketones is 2. The van der Waals surface area contributed by atoms with Crippen LogP contribution in [0.5, 0.6) is 5.75 Å². The van der Waals surface area contributed by atoms with Crippen LogP contribution >= 0.6 is 0 Å². The topological polar surface area (TPSA) is 216 Å². The van der Waals surface area contributed by atoms with E-state index in [1.807, 2.05) is 0 Å². The quantitative estimate of drug-likeness (QED) is 0.180. The maximum absolute atomic E-state index is 16.1. The minimum atomic E-state index is -2.79. The monoisotopic (exact) mass is 820 g/mol. The number of amides is 1. The summed E-state index contributed by atoms with van der Waals surface area (Å²) in [6.07, 6.45) is 1.17. The molecular formula is C41H46F2N6O10. The van der Waals surface area contributed by atoms with Crippen LogP contribution in [0.2, 0.25) is 0 Å².